The number of fused-ring (bicyclic) bond motifs is 1. The van der Waals surface area contributed by atoms with Crippen LogP contribution in [0.2, 0.25) is 0 Å². The first-order chi connectivity index (χ1) is 13.5. The Bertz CT molecular complexity index is 1050. The van der Waals surface area contributed by atoms with Crippen molar-refractivity contribution in [1.82, 2.24) is 15.0 Å². The van der Waals surface area contributed by atoms with Gasteiger partial charge in [-0.1, -0.05) is 87.8 Å². The minimum atomic E-state index is -2.04. The molecule has 29 heavy (non-hydrogen) atoms. The summed E-state index contributed by atoms with van der Waals surface area (Å²) in [5.74, 6) is -0.785. The quantitative estimate of drug-likeness (QED) is 0.302. The van der Waals surface area contributed by atoms with Crippen molar-refractivity contribution >= 4 is 86.2 Å². The Balaban J connectivity index is 2.06. The summed E-state index contributed by atoms with van der Waals surface area (Å²) < 4.78 is 1.40. The van der Waals surface area contributed by atoms with Crippen molar-refractivity contribution in [3.8, 4) is 5.75 Å². The number of ether oxygens (including phenoxy) is 1. The molecule has 11 heteroatoms. The molecule has 0 unspecified atom stereocenters. The maximum atomic E-state index is 13.0. The van der Waals surface area contributed by atoms with E-state index in [-0.39, 0.29) is 17.5 Å². The molecule has 2 aromatic carbocycles. The van der Waals surface area contributed by atoms with E-state index in [1.807, 2.05) is 25.1 Å². The highest BCUT2D eigenvalue weighted by Crippen LogP contribution is 2.40. The van der Waals surface area contributed by atoms with Crippen LogP contribution in [-0.2, 0) is 7.59 Å². The van der Waals surface area contributed by atoms with Crippen molar-refractivity contribution in [3.05, 3.63) is 59.4 Å². The Morgan fingerprint density at radius 3 is 1.97 bits per heavy atom. The third-order valence-corrected chi connectivity index (χ3v) is 4.74. The molecule has 152 valence electrons. The number of nitrogens with zero attached hydrogens (tertiary/aromatic N) is 3. The molecule has 1 heterocycles. The summed E-state index contributed by atoms with van der Waals surface area (Å²) in [6.45, 7) is 2.45. The second-order valence-corrected chi connectivity index (χ2v) is 10.4. The zero-order valence-corrected chi connectivity index (χ0v) is 19.1. The van der Waals surface area contributed by atoms with Gasteiger partial charge in [0.05, 0.1) is 6.61 Å². The van der Waals surface area contributed by atoms with Crippen molar-refractivity contribution in [2.75, 3.05) is 6.61 Å². The Morgan fingerprint density at radius 2 is 1.41 bits per heavy atom. The SMILES string of the molecule is CCOc1ccc2cc(C(=O)c3nc(C(Cl)(Cl)Cl)nc(C(Cl)(Cl)Cl)n3)ccc2c1. The van der Waals surface area contributed by atoms with Crippen LogP contribution >= 0.6 is 69.6 Å². The van der Waals surface area contributed by atoms with Gasteiger partial charge in [0.25, 0.3) is 0 Å². The summed E-state index contributed by atoms with van der Waals surface area (Å²) in [5.41, 5.74) is 0.304. The van der Waals surface area contributed by atoms with Crippen molar-refractivity contribution in [2.24, 2.45) is 0 Å². The standard InChI is InChI=1S/C18H11Cl6N3O2/c1-2-29-12-6-5-9-7-11(4-3-10(9)8-12)13(28)14-25-15(17(19,20)21)27-16(26-14)18(22,23)24/h3-8H,2H2,1H3. The summed E-state index contributed by atoms with van der Waals surface area (Å²) in [6, 6.07) is 10.6. The van der Waals surface area contributed by atoms with Crippen molar-refractivity contribution in [3.63, 3.8) is 0 Å². The molecule has 0 radical (unpaired) electrons. The van der Waals surface area contributed by atoms with Crippen LogP contribution in [0, 0.1) is 0 Å². The molecule has 0 amide bonds. The molecule has 0 fully saturated rings. The minimum absolute atomic E-state index is 0.304. The van der Waals surface area contributed by atoms with Gasteiger partial charge < -0.3 is 4.74 Å². The van der Waals surface area contributed by atoms with Crippen molar-refractivity contribution in [2.45, 2.75) is 14.5 Å². The number of carbonyl (C=O) groups is 1. The van der Waals surface area contributed by atoms with E-state index in [0.29, 0.717) is 12.2 Å². The van der Waals surface area contributed by atoms with E-state index in [1.165, 1.54) is 0 Å². The molecule has 0 aliphatic heterocycles. The topological polar surface area (TPSA) is 65.0 Å². The van der Waals surface area contributed by atoms with Gasteiger partial charge in [0.2, 0.25) is 19.2 Å². The van der Waals surface area contributed by atoms with Gasteiger partial charge in [-0.2, -0.15) is 0 Å². The van der Waals surface area contributed by atoms with Gasteiger partial charge in [-0.25, -0.2) is 15.0 Å². The van der Waals surface area contributed by atoms with Gasteiger partial charge in [-0.3, -0.25) is 4.79 Å². The summed E-state index contributed by atoms with van der Waals surface area (Å²) in [6.07, 6.45) is 0. The number of ketones is 1. The van der Waals surface area contributed by atoms with Crippen molar-refractivity contribution in [1.29, 1.82) is 0 Å². The monoisotopic (exact) mass is 511 g/mol. The normalized spacial score (nSPS) is 12.2. The fraction of sp³-hybridized carbons (Fsp3) is 0.222. The molecule has 0 aliphatic rings. The third kappa shape index (κ3) is 5.35. The molecule has 0 saturated carbocycles. The Morgan fingerprint density at radius 1 is 0.862 bits per heavy atom. The van der Waals surface area contributed by atoms with E-state index in [4.69, 9.17) is 74.3 Å². The van der Waals surface area contributed by atoms with Gasteiger partial charge in [0.15, 0.2) is 11.6 Å². The smallest absolute Gasteiger partial charge is 0.250 e. The third-order valence-electron chi connectivity index (χ3n) is 3.73. The highest BCUT2D eigenvalue weighted by atomic mass is 35.6. The van der Waals surface area contributed by atoms with E-state index in [9.17, 15) is 4.79 Å². The summed E-state index contributed by atoms with van der Waals surface area (Å²) in [7, 11) is 0. The highest BCUT2D eigenvalue weighted by molar-refractivity contribution is 6.67. The van der Waals surface area contributed by atoms with Crippen LogP contribution in [0.1, 0.15) is 34.8 Å². The maximum Gasteiger partial charge on any atom is 0.250 e. The molecule has 1 aromatic heterocycles. The van der Waals surface area contributed by atoms with Gasteiger partial charge in [-0.05, 0) is 35.9 Å². The summed E-state index contributed by atoms with van der Waals surface area (Å²) in [5, 5.41) is 1.71. The molecular formula is C18H11Cl6N3O2. The number of carbonyl (C=O) groups excluding carboxylic acids is 1. The van der Waals surface area contributed by atoms with Gasteiger partial charge in [0.1, 0.15) is 5.75 Å². The van der Waals surface area contributed by atoms with E-state index < -0.39 is 13.4 Å². The van der Waals surface area contributed by atoms with Crippen LogP contribution in [0.25, 0.3) is 10.8 Å². The lowest BCUT2D eigenvalue weighted by Gasteiger charge is -2.15. The number of hydrogen-bond acceptors (Lipinski definition) is 5. The number of benzene rings is 2. The predicted molar refractivity (Wildman–Crippen MR) is 117 cm³/mol. The van der Waals surface area contributed by atoms with Crippen LogP contribution in [-0.4, -0.2) is 27.3 Å². The molecule has 0 N–H and O–H groups in total. The van der Waals surface area contributed by atoms with Crippen LogP contribution < -0.4 is 4.74 Å². The molecule has 3 aromatic rings. The van der Waals surface area contributed by atoms with E-state index in [1.54, 1.807) is 18.2 Å². The summed E-state index contributed by atoms with van der Waals surface area (Å²) >= 11 is 35.1. The average Bonchev–Trinajstić information content (AvgIpc) is 2.65. The number of aromatic nitrogens is 3. The fourth-order valence-electron chi connectivity index (χ4n) is 2.48. The second-order valence-electron chi connectivity index (χ2n) is 5.79. The van der Waals surface area contributed by atoms with Crippen molar-refractivity contribution < 1.29 is 9.53 Å². The van der Waals surface area contributed by atoms with Gasteiger partial charge in [0, 0.05) is 5.56 Å². The van der Waals surface area contributed by atoms with E-state index >= 15 is 0 Å². The lowest BCUT2D eigenvalue weighted by Crippen LogP contribution is -2.20. The first-order valence-corrected chi connectivity index (χ1v) is 10.4. The zero-order chi connectivity index (χ0) is 21.4. The molecular weight excluding hydrogens is 503 g/mol. The Hall–Kier alpha value is -1.08. The highest BCUT2D eigenvalue weighted by Gasteiger charge is 2.35. The first kappa shape index (κ1) is 22.6. The number of hydrogen-bond donors (Lipinski definition) is 0. The summed E-state index contributed by atoms with van der Waals surface area (Å²) in [4.78, 5) is 24.7. The molecule has 5 nitrogen and oxygen atoms in total. The Labute approximate surface area is 196 Å². The molecule has 0 aliphatic carbocycles. The number of halogens is 6. The second kappa shape index (κ2) is 8.58. The predicted octanol–water partition coefficient (Wildman–Crippen LogP) is 6.31. The van der Waals surface area contributed by atoms with Crippen LogP contribution in [0.4, 0.5) is 0 Å². The van der Waals surface area contributed by atoms with Gasteiger partial charge in [-0.15, -0.1) is 0 Å². The molecule has 0 saturated heterocycles. The lowest BCUT2D eigenvalue weighted by molar-refractivity contribution is 0.102. The van der Waals surface area contributed by atoms with Crippen LogP contribution in [0.5, 0.6) is 5.75 Å². The number of alkyl halides is 6. The maximum absolute atomic E-state index is 13.0. The first-order valence-electron chi connectivity index (χ1n) is 8.11. The average molecular weight is 514 g/mol. The minimum Gasteiger partial charge on any atom is -0.494 e. The Kier molecular flexibility index (Phi) is 6.68. The largest absolute Gasteiger partial charge is 0.494 e. The zero-order valence-electron chi connectivity index (χ0n) is 14.6. The fourth-order valence-corrected chi connectivity index (χ4v) is 2.99. The van der Waals surface area contributed by atoms with E-state index in [0.717, 1.165) is 16.5 Å². The van der Waals surface area contributed by atoms with E-state index in [2.05, 4.69) is 15.0 Å². The van der Waals surface area contributed by atoms with Gasteiger partial charge >= 0.3 is 0 Å². The molecule has 3 rings (SSSR count). The number of rotatable bonds is 4. The molecule has 0 atom stereocenters. The lowest BCUT2D eigenvalue weighted by atomic mass is 10.0. The molecule has 0 bridgehead atoms. The molecule has 0 spiro atoms. The van der Waals surface area contributed by atoms with Crippen LogP contribution in [0.15, 0.2) is 36.4 Å². The van der Waals surface area contributed by atoms with Crippen LogP contribution in [0.3, 0.4) is 0 Å².